The molecular weight excluding hydrogens is 206 g/mol. The maximum absolute atomic E-state index is 11.8. The second-order valence-corrected chi connectivity index (χ2v) is 4.53. The number of carbonyl (C=O) groups excluding carboxylic acids is 1. The Balaban J connectivity index is 2.31. The van der Waals surface area contributed by atoms with E-state index < -0.39 is 11.5 Å². The van der Waals surface area contributed by atoms with Gasteiger partial charge in [-0.2, -0.15) is 0 Å². The van der Waals surface area contributed by atoms with Crippen molar-refractivity contribution in [3.05, 3.63) is 18.3 Å². The molecule has 1 aromatic heterocycles. The molecule has 86 valence electrons. The van der Waals surface area contributed by atoms with Crippen molar-refractivity contribution >= 4 is 11.7 Å². The first-order valence-electron chi connectivity index (χ1n) is 5.17. The Hall–Kier alpha value is -1.62. The first-order chi connectivity index (χ1) is 7.54. The van der Waals surface area contributed by atoms with E-state index in [-0.39, 0.29) is 5.91 Å². The van der Waals surface area contributed by atoms with Gasteiger partial charge in [-0.3, -0.25) is 4.79 Å². The Morgan fingerprint density at radius 2 is 2.38 bits per heavy atom. The van der Waals surface area contributed by atoms with Gasteiger partial charge >= 0.3 is 0 Å². The lowest BCUT2D eigenvalue weighted by atomic mass is 9.85. The predicted molar refractivity (Wildman–Crippen MR) is 60.1 cm³/mol. The van der Waals surface area contributed by atoms with Crippen LogP contribution in [0, 0.1) is 5.41 Å². The smallest absolute Gasteiger partial charge is 0.267 e. The van der Waals surface area contributed by atoms with Gasteiger partial charge in [0.1, 0.15) is 0 Å². The third-order valence-electron chi connectivity index (χ3n) is 2.73. The summed E-state index contributed by atoms with van der Waals surface area (Å²) in [6, 6.07) is 3.55. The molecule has 5 heteroatoms. The van der Waals surface area contributed by atoms with Gasteiger partial charge in [0, 0.05) is 18.2 Å². The van der Waals surface area contributed by atoms with Crippen molar-refractivity contribution in [3.8, 4) is 5.75 Å². The van der Waals surface area contributed by atoms with Gasteiger partial charge in [0.2, 0.25) is 0 Å². The molecule has 1 unspecified atom stereocenters. The average Bonchev–Trinajstić information content (AvgIpc) is 2.28. The molecule has 2 rings (SSSR count). The SMILES string of the molecule is CC(C)(CN)C1Oc2cccnc2NC1=O. The van der Waals surface area contributed by atoms with Gasteiger partial charge in [0.25, 0.3) is 5.91 Å². The highest BCUT2D eigenvalue weighted by Crippen LogP contribution is 2.32. The zero-order chi connectivity index (χ0) is 11.8. The second-order valence-electron chi connectivity index (χ2n) is 4.53. The van der Waals surface area contributed by atoms with Crippen LogP contribution in [0.4, 0.5) is 5.82 Å². The van der Waals surface area contributed by atoms with Crippen molar-refractivity contribution in [1.82, 2.24) is 4.98 Å². The summed E-state index contributed by atoms with van der Waals surface area (Å²) in [6.45, 7) is 4.18. The van der Waals surface area contributed by atoms with Crippen LogP contribution in [0.5, 0.6) is 5.75 Å². The number of anilines is 1. The fourth-order valence-corrected chi connectivity index (χ4v) is 1.56. The summed E-state index contributed by atoms with van der Waals surface area (Å²) in [5, 5.41) is 2.72. The van der Waals surface area contributed by atoms with Crippen LogP contribution < -0.4 is 15.8 Å². The van der Waals surface area contributed by atoms with E-state index in [9.17, 15) is 4.79 Å². The molecule has 0 aromatic carbocycles. The molecule has 1 aliphatic rings. The van der Waals surface area contributed by atoms with E-state index in [1.165, 1.54) is 0 Å². The summed E-state index contributed by atoms with van der Waals surface area (Å²) in [4.78, 5) is 15.9. The van der Waals surface area contributed by atoms with Crippen LogP contribution in [0.25, 0.3) is 0 Å². The van der Waals surface area contributed by atoms with Gasteiger partial charge in [0.15, 0.2) is 17.7 Å². The summed E-state index contributed by atoms with van der Waals surface area (Å²) in [6.07, 6.45) is 1.03. The van der Waals surface area contributed by atoms with Crippen molar-refractivity contribution < 1.29 is 9.53 Å². The normalized spacial score (nSPS) is 19.7. The summed E-state index contributed by atoms with van der Waals surface area (Å²) in [5.74, 6) is 0.867. The number of pyridine rings is 1. The van der Waals surface area contributed by atoms with E-state index in [2.05, 4.69) is 10.3 Å². The number of aromatic nitrogens is 1. The molecule has 1 atom stereocenters. The predicted octanol–water partition coefficient (Wildman–Crippen LogP) is 0.766. The molecule has 0 saturated carbocycles. The van der Waals surface area contributed by atoms with Gasteiger partial charge in [0.05, 0.1) is 0 Å². The van der Waals surface area contributed by atoms with Gasteiger partial charge in [-0.25, -0.2) is 4.98 Å². The molecule has 0 aliphatic carbocycles. The van der Waals surface area contributed by atoms with Crippen LogP contribution in [-0.4, -0.2) is 23.5 Å². The molecule has 0 fully saturated rings. The standard InChI is InChI=1S/C11H15N3O2/c1-11(2,6-12)8-10(15)14-9-7(16-8)4-3-5-13-9/h3-5,8H,6,12H2,1-2H3,(H,13,14,15). The van der Waals surface area contributed by atoms with E-state index in [0.29, 0.717) is 18.1 Å². The minimum Gasteiger partial charge on any atom is -0.476 e. The molecule has 16 heavy (non-hydrogen) atoms. The first-order valence-corrected chi connectivity index (χ1v) is 5.17. The maximum Gasteiger partial charge on any atom is 0.267 e. The molecule has 1 aliphatic heterocycles. The lowest BCUT2D eigenvalue weighted by molar-refractivity contribution is -0.128. The minimum atomic E-state index is -0.575. The van der Waals surface area contributed by atoms with Crippen LogP contribution in [0.15, 0.2) is 18.3 Å². The number of nitrogens with two attached hydrogens (primary N) is 1. The Labute approximate surface area is 94.0 Å². The quantitative estimate of drug-likeness (QED) is 0.773. The van der Waals surface area contributed by atoms with Crippen molar-refractivity contribution in [2.45, 2.75) is 20.0 Å². The molecule has 1 amide bonds. The largest absolute Gasteiger partial charge is 0.476 e. The number of ether oxygens (including phenoxy) is 1. The minimum absolute atomic E-state index is 0.193. The summed E-state index contributed by atoms with van der Waals surface area (Å²) in [5.41, 5.74) is 5.24. The van der Waals surface area contributed by atoms with Gasteiger partial charge < -0.3 is 15.8 Å². The van der Waals surface area contributed by atoms with Crippen LogP contribution in [0.2, 0.25) is 0 Å². The van der Waals surface area contributed by atoms with Crippen molar-refractivity contribution in [2.24, 2.45) is 11.1 Å². The highest BCUT2D eigenvalue weighted by atomic mass is 16.5. The van der Waals surface area contributed by atoms with Crippen molar-refractivity contribution in [1.29, 1.82) is 0 Å². The van der Waals surface area contributed by atoms with E-state index in [1.807, 2.05) is 13.8 Å². The molecule has 0 saturated heterocycles. The highest BCUT2D eigenvalue weighted by molar-refractivity contribution is 5.97. The van der Waals surface area contributed by atoms with Crippen LogP contribution in [0.1, 0.15) is 13.8 Å². The number of carbonyl (C=O) groups is 1. The highest BCUT2D eigenvalue weighted by Gasteiger charge is 2.39. The van der Waals surface area contributed by atoms with Crippen LogP contribution in [-0.2, 0) is 4.79 Å². The molecule has 3 N–H and O–H groups in total. The fourth-order valence-electron chi connectivity index (χ4n) is 1.56. The summed E-state index contributed by atoms with van der Waals surface area (Å²) >= 11 is 0. The Morgan fingerprint density at radius 3 is 3.06 bits per heavy atom. The Morgan fingerprint density at radius 1 is 1.62 bits per heavy atom. The molecule has 1 aromatic rings. The molecule has 0 spiro atoms. The second kappa shape index (κ2) is 3.75. The van der Waals surface area contributed by atoms with E-state index in [4.69, 9.17) is 10.5 Å². The van der Waals surface area contributed by atoms with Crippen LogP contribution in [0.3, 0.4) is 0 Å². The topological polar surface area (TPSA) is 77.2 Å². The van der Waals surface area contributed by atoms with Crippen molar-refractivity contribution in [2.75, 3.05) is 11.9 Å². The van der Waals surface area contributed by atoms with Crippen molar-refractivity contribution in [3.63, 3.8) is 0 Å². The van der Waals surface area contributed by atoms with E-state index in [0.717, 1.165) is 0 Å². The zero-order valence-electron chi connectivity index (χ0n) is 9.36. The number of hydrogen-bond acceptors (Lipinski definition) is 4. The summed E-state index contributed by atoms with van der Waals surface area (Å²) in [7, 11) is 0. The lowest BCUT2D eigenvalue weighted by Gasteiger charge is -2.35. The summed E-state index contributed by atoms with van der Waals surface area (Å²) < 4.78 is 5.65. The number of nitrogens with one attached hydrogen (secondary N) is 1. The van der Waals surface area contributed by atoms with Gasteiger partial charge in [-0.05, 0) is 12.1 Å². The Bertz CT molecular complexity index is 417. The number of rotatable bonds is 2. The zero-order valence-corrected chi connectivity index (χ0v) is 9.36. The fraction of sp³-hybridized carbons (Fsp3) is 0.455. The molecule has 0 radical (unpaired) electrons. The Kier molecular flexibility index (Phi) is 2.55. The van der Waals surface area contributed by atoms with E-state index >= 15 is 0 Å². The number of nitrogens with zero attached hydrogens (tertiary/aromatic N) is 1. The number of hydrogen-bond donors (Lipinski definition) is 2. The average molecular weight is 221 g/mol. The van der Waals surface area contributed by atoms with E-state index in [1.54, 1.807) is 18.3 Å². The monoisotopic (exact) mass is 221 g/mol. The molecule has 0 bridgehead atoms. The first kappa shape index (κ1) is 10.9. The lowest BCUT2D eigenvalue weighted by Crippen LogP contribution is -2.50. The number of fused-ring (bicyclic) bond motifs is 1. The third-order valence-corrected chi connectivity index (χ3v) is 2.73. The number of amides is 1. The molecule has 5 nitrogen and oxygen atoms in total. The molecular formula is C11H15N3O2. The van der Waals surface area contributed by atoms with Crippen LogP contribution >= 0.6 is 0 Å². The van der Waals surface area contributed by atoms with Gasteiger partial charge in [-0.1, -0.05) is 13.8 Å². The third kappa shape index (κ3) is 1.74. The molecule has 2 heterocycles. The van der Waals surface area contributed by atoms with Gasteiger partial charge in [-0.15, -0.1) is 0 Å². The maximum atomic E-state index is 11.8.